The highest BCUT2D eigenvalue weighted by molar-refractivity contribution is 7.99. The maximum Gasteiger partial charge on any atom is 0.338 e. The van der Waals surface area contributed by atoms with Crippen molar-refractivity contribution >= 4 is 35.2 Å². The Morgan fingerprint density at radius 2 is 1.93 bits per heavy atom. The maximum absolute atomic E-state index is 12.8. The van der Waals surface area contributed by atoms with Crippen LogP contribution in [0.4, 0.5) is 5.69 Å². The molecule has 4 rings (SSSR count). The van der Waals surface area contributed by atoms with Gasteiger partial charge in [0.05, 0.1) is 12.2 Å². The van der Waals surface area contributed by atoms with E-state index in [0.717, 1.165) is 5.56 Å². The number of rotatable bonds is 4. The second-order valence-corrected chi connectivity index (χ2v) is 7.40. The van der Waals surface area contributed by atoms with Crippen molar-refractivity contribution in [3.8, 4) is 0 Å². The lowest BCUT2D eigenvalue weighted by Crippen LogP contribution is -2.42. The first-order chi connectivity index (χ1) is 13.1. The molecular weight excluding hydrogens is 364 g/mol. The van der Waals surface area contributed by atoms with Gasteiger partial charge in [0.15, 0.2) is 0 Å². The van der Waals surface area contributed by atoms with Crippen LogP contribution in [0.25, 0.3) is 0 Å². The second kappa shape index (κ2) is 7.08. The Morgan fingerprint density at radius 3 is 2.67 bits per heavy atom. The molecule has 2 heterocycles. The first-order valence-corrected chi connectivity index (χ1v) is 9.76. The maximum atomic E-state index is 12.8. The molecule has 0 bridgehead atoms. The summed E-state index contributed by atoms with van der Waals surface area (Å²) in [5.74, 6) is -0.170. The van der Waals surface area contributed by atoms with Crippen LogP contribution in [0.3, 0.4) is 0 Å². The van der Waals surface area contributed by atoms with E-state index in [1.807, 2.05) is 18.2 Å². The lowest BCUT2D eigenvalue weighted by molar-refractivity contribution is -0.119. The van der Waals surface area contributed by atoms with Crippen LogP contribution in [-0.2, 0) is 9.53 Å². The summed E-state index contributed by atoms with van der Waals surface area (Å²) in [6.45, 7) is 2.06. The third-order valence-electron chi connectivity index (χ3n) is 4.66. The highest BCUT2D eigenvalue weighted by atomic mass is 32.2. The highest BCUT2D eigenvalue weighted by Gasteiger charge is 2.48. The lowest BCUT2D eigenvalue weighted by atomic mass is 10.1. The van der Waals surface area contributed by atoms with Crippen molar-refractivity contribution < 1.29 is 19.1 Å². The van der Waals surface area contributed by atoms with E-state index in [4.69, 9.17) is 4.74 Å². The molecule has 1 fully saturated rings. The van der Waals surface area contributed by atoms with Gasteiger partial charge in [-0.05, 0) is 42.8 Å². The number of nitrogens with one attached hydrogen (secondary N) is 1. The van der Waals surface area contributed by atoms with Crippen LogP contribution in [0.2, 0.25) is 0 Å². The summed E-state index contributed by atoms with van der Waals surface area (Å²) >= 11 is 1.60. The number of anilines is 1. The van der Waals surface area contributed by atoms with Crippen molar-refractivity contribution in [3.63, 3.8) is 0 Å². The summed E-state index contributed by atoms with van der Waals surface area (Å²) in [5, 5.41) is 2.74. The minimum absolute atomic E-state index is 0.0987. The molecule has 2 amide bonds. The average Bonchev–Trinajstić information content (AvgIpc) is 3.23. The minimum atomic E-state index is -0.523. The van der Waals surface area contributed by atoms with E-state index < -0.39 is 12.0 Å². The fourth-order valence-corrected chi connectivity index (χ4v) is 4.84. The van der Waals surface area contributed by atoms with Crippen LogP contribution in [0.15, 0.2) is 48.5 Å². The first-order valence-electron chi connectivity index (χ1n) is 8.71. The molecule has 1 N–H and O–H groups in total. The summed E-state index contributed by atoms with van der Waals surface area (Å²) < 4.78 is 4.95. The van der Waals surface area contributed by atoms with Crippen molar-refractivity contribution in [2.45, 2.75) is 18.3 Å². The molecule has 27 heavy (non-hydrogen) atoms. The fraction of sp³-hybridized carbons (Fsp3) is 0.250. The number of esters is 1. The van der Waals surface area contributed by atoms with Crippen LogP contribution in [-0.4, -0.2) is 41.1 Å². The van der Waals surface area contributed by atoms with E-state index in [9.17, 15) is 14.4 Å². The molecule has 2 aliphatic heterocycles. The van der Waals surface area contributed by atoms with Gasteiger partial charge in [-0.2, -0.15) is 0 Å². The number of hydrogen-bond acceptors (Lipinski definition) is 5. The van der Waals surface area contributed by atoms with Crippen LogP contribution in [0.1, 0.15) is 38.6 Å². The predicted molar refractivity (Wildman–Crippen MR) is 103 cm³/mol. The molecule has 2 aliphatic rings. The van der Waals surface area contributed by atoms with Gasteiger partial charge in [0.2, 0.25) is 5.91 Å². The van der Waals surface area contributed by atoms with Gasteiger partial charge in [0.1, 0.15) is 11.4 Å². The van der Waals surface area contributed by atoms with Crippen LogP contribution in [0, 0.1) is 0 Å². The van der Waals surface area contributed by atoms with E-state index in [1.165, 1.54) is 0 Å². The molecule has 2 aromatic carbocycles. The summed E-state index contributed by atoms with van der Waals surface area (Å²) in [4.78, 5) is 38.8. The van der Waals surface area contributed by atoms with Crippen molar-refractivity contribution in [2.75, 3.05) is 17.7 Å². The number of thioether (sulfide) groups is 1. The van der Waals surface area contributed by atoms with Gasteiger partial charge < -0.3 is 15.0 Å². The molecule has 1 saturated heterocycles. The van der Waals surface area contributed by atoms with Crippen molar-refractivity contribution in [2.24, 2.45) is 0 Å². The normalized spacial score (nSPS) is 20.2. The Bertz CT molecular complexity index is 912. The summed E-state index contributed by atoms with van der Waals surface area (Å²) in [5.41, 5.74) is 2.65. The fourth-order valence-electron chi connectivity index (χ4n) is 3.37. The lowest BCUT2D eigenvalue weighted by Gasteiger charge is -2.22. The topological polar surface area (TPSA) is 75.7 Å². The van der Waals surface area contributed by atoms with E-state index in [0.29, 0.717) is 29.2 Å². The highest BCUT2D eigenvalue weighted by Crippen LogP contribution is 2.48. The number of ether oxygens (including phenoxy) is 1. The molecule has 7 heteroatoms. The van der Waals surface area contributed by atoms with Crippen LogP contribution < -0.4 is 5.32 Å². The van der Waals surface area contributed by atoms with Gasteiger partial charge >= 0.3 is 5.97 Å². The smallest absolute Gasteiger partial charge is 0.338 e. The minimum Gasteiger partial charge on any atom is -0.462 e. The Morgan fingerprint density at radius 1 is 1.19 bits per heavy atom. The van der Waals surface area contributed by atoms with Crippen LogP contribution in [0.5, 0.6) is 0 Å². The monoisotopic (exact) mass is 382 g/mol. The van der Waals surface area contributed by atoms with E-state index in [1.54, 1.807) is 53.9 Å². The van der Waals surface area contributed by atoms with Crippen molar-refractivity contribution in [1.29, 1.82) is 0 Å². The van der Waals surface area contributed by atoms with Crippen LogP contribution >= 0.6 is 11.8 Å². The molecule has 0 radical (unpaired) electrons. The second-order valence-electron chi connectivity index (χ2n) is 6.29. The largest absolute Gasteiger partial charge is 0.462 e. The molecule has 0 spiro atoms. The number of nitrogens with zero attached hydrogens (tertiary/aromatic N) is 1. The summed E-state index contributed by atoms with van der Waals surface area (Å²) in [6, 6.07) is 13.5. The predicted octanol–water partition coefficient (Wildman–Crippen LogP) is 3.07. The Kier molecular flexibility index (Phi) is 4.61. The zero-order valence-electron chi connectivity index (χ0n) is 14.7. The molecule has 0 aliphatic carbocycles. The molecule has 138 valence electrons. The van der Waals surface area contributed by atoms with Gasteiger partial charge in [-0.1, -0.05) is 18.2 Å². The number of amides is 2. The molecule has 2 aromatic rings. The van der Waals surface area contributed by atoms with Gasteiger partial charge in [-0.3, -0.25) is 9.59 Å². The Labute approximate surface area is 160 Å². The Balaban J connectivity index is 1.47. The number of carbonyl (C=O) groups excluding carboxylic acids is 3. The summed E-state index contributed by atoms with van der Waals surface area (Å²) in [6.07, 6.45) is 0. The SMILES string of the molecule is CCOC(=O)c1ccc(NC(=O)[C@@H]2CS[C@@H]3c4ccccc4C(=O)N32)cc1. The third-order valence-corrected chi connectivity index (χ3v) is 5.96. The Hall–Kier alpha value is -2.80. The molecule has 0 aromatic heterocycles. The molecule has 2 atom stereocenters. The molecule has 0 saturated carbocycles. The van der Waals surface area contributed by atoms with Gasteiger partial charge in [-0.15, -0.1) is 11.8 Å². The standard InChI is InChI=1S/C20H18N2O4S/c1-2-26-20(25)12-7-9-13(10-8-12)21-17(23)16-11-27-19-15-6-4-3-5-14(15)18(24)22(16)19/h3-10,16,19H,2,11H2,1H3,(H,21,23)/t16-,19+/m0/s1. The van der Waals surface area contributed by atoms with Gasteiger partial charge in [0.25, 0.3) is 5.91 Å². The quantitative estimate of drug-likeness (QED) is 0.823. The van der Waals surface area contributed by atoms with Crippen molar-refractivity contribution in [1.82, 2.24) is 4.90 Å². The number of fused-ring (bicyclic) bond motifs is 3. The van der Waals surface area contributed by atoms with Gasteiger partial charge in [-0.25, -0.2) is 4.79 Å². The average molecular weight is 382 g/mol. The number of carbonyl (C=O) groups is 3. The number of hydrogen-bond donors (Lipinski definition) is 1. The van der Waals surface area contributed by atoms with Gasteiger partial charge in [0, 0.05) is 17.0 Å². The van der Waals surface area contributed by atoms with E-state index in [-0.39, 0.29) is 17.2 Å². The molecular formula is C20H18N2O4S. The third kappa shape index (κ3) is 3.08. The number of benzene rings is 2. The van der Waals surface area contributed by atoms with E-state index >= 15 is 0 Å². The zero-order valence-corrected chi connectivity index (χ0v) is 15.5. The molecule has 0 unspecified atom stereocenters. The van der Waals surface area contributed by atoms with Crippen molar-refractivity contribution in [3.05, 3.63) is 65.2 Å². The first kappa shape index (κ1) is 17.6. The molecule has 6 nitrogen and oxygen atoms in total. The zero-order chi connectivity index (χ0) is 19.0. The summed E-state index contributed by atoms with van der Waals surface area (Å²) in [7, 11) is 0. The van der Waals surface area contributed by atoms with E-state index in [2.05, 4.69) is 5.32 Å².